The van der Waals surface area contributed by atoms with Gasteiger partial charge in [0.2, 0.25) is 0 Å². The van der Waals surface area contributed by atoms with Crippen molar-refractivity contribution >= 4 is 34.5 Å². The fraction of sp³-hybridized carbons (Fsp3) is 0.368. The molecule has 2 heterocycles. The molecule has 3 aromatic rings. The summed E-state index contributed by atoms with van der Waals surface area (Å²) in [6.45, 7) is 1.63. The highest BCUT2D eigenvalue weighted by Gasteiger charge is 2.13. The van der Waals surface area contributed by atoms with Crippen LogP contribution in [-0.4, -0.2) is 65.3 Å². The lowest BCUT2D eigenvalue weighted by molar-refractivity contribution is -0.123. The predicted molar refractivity (Wildman–Crippen MR) is 112 cm³/mol. The van der Waals surface area contributed by atoms with Gasteiger partial charge in [0.05, 0.1) is 24.7 Å². The van der Waals surface area contributed by atoms with E-state index in [9.17, 15) is 9.18 Å². The van der Waals surface area contributed by atoms with E-state index in [0.29, 0.717) is 42.9 Å². The summed E-state index contributed by atoms with van der Waals surface area (Å²) < 4.78 is 25.5. The van der Waals surface area contributed by atoms with Crippen molar-refractivity contribution in [1.82, 2.24) is 25.1 Å². The minimum Gasteiger partial charge on any atom is -0.481 e. The molecule has 0 aliphatic carbocycles. The topological polar surface area (TPSA) is 103 Å². The Balaban J connectivity index is 1.58. The number of nitrogens with zero attached hydrogens (tertiary/aromatic N) is 4. The molecule has 0 aliphatic rings. The molecule has 0 aliphatic heterocycles. The third-order valence-corrected chi connectivity index (χ3v) is 4.65. The molecule has 0 unspecified atom stereocenters. The maximum absolute atomic E-state index is 13.5. The van der Waals surface area contributed by atoms with Crippen LogP contribution in [0.3, 0.4) is 0 Å². The number of amides is 1. The standard InChI is InChI=1S/C19H23FN6O3S/c1-28-10-8-22-17-13-11-23-26(18(13)25-19(24-17)30-2)9-7-21-16(27)12-29-15-6-4-3-5-14(15)20/h3-6,11H,7-10,12H2,1-2H3,(H,21,27)(H,22,24,25). The van der Waals surface area contributed by atoms with Gasteiger partial charge in [0.1, 0.15) is 5.82 Å². The number of fused-ring (bicyclic) bond motifs is 1. The summed E-state index contributed by atoms with van der Waals surface area (Å²) in [6.07, 6.45) is 3.59. The van der Waals surface area contributed by atoms with E-state index in [1.54, 1.807) is 30.1 Å². The normalized spacial score (nSPS) is 10.9. The minimum absolute atomic E-state index is 0.0421. The average Bonchev–Trinajstić information content (AvgIpc) is 3.16. The molecule has 11 heteroatoms. The van der Waals surface area contributed by atoms with E-state index in [0.717, 1.165) is 5.39 Å². The first-order chi connectivity index (χ1) is 14.6. The van der Waals surface area contributed by atoms with Gasteiger partial charge in [-0.1, -0.05) is 23.9 Å². The molecule has 160 valence electrons. The molecule has 0 atom stereocenters. The molecule has 3 rings (SSSR count). The number of benzene rings is 1. The van der Waals surface area contributed by atoms with Crippen molar-refractivity contribution in [2.75, 3.05) is 45.0 Å². The highest BCUT2D eigenvalue weighted by molar-refractivity contribution is 7.98. The van der Waals surface area contributed by atoms with Crippen LogP contribution >= 0.6 is 11.8 Å². The van der Waals surface area contributed by atoms with Gasteiger partial charge in [-0.2, -0.15) is 5.10 Å². The Hall–Kier alpha value is -2.92. The Morgan fingerprint density at radius 1 is 1.27 bits per heavy atom. The summed E-state index contributed by atoms with van der Waals surface area (Å²) in [7, 11) is 1.64. The van der Waals surface area contributed by atoms with Crippen LogP contribution in [-0.2, 0) is 16.1 Å². The summed E-state index contributed by atoms with van der Waals surface area (Å²) >= 11 is 1.43. The number of nitrogens with one attached hydrogen (secondary N) is 2. The maximum atomic E-state index is 13.5. The van der Waals surface area contributed by atoms with Gasteiger partial charge in [-0.05, 0) is 18.4 Å². The van der Waals surface area contributed by atoms with Crippen LogP contribution in [0, 0.1) is 5.82 Å². The molecule has 2 N–H and O–H groups in total. The van der Waals surface area contributed by atoms with Crippen LogP contribution < -0.4 is 15.4 Å². The molecule has 30 heavy (non-hydrogen) atoms. The lowest BCUT2D eigenvalue weighted by atomic mass is 10.3. The second kappa shape index (κ2) is 10.7. The van der Waals surface area contributed by atoms with Gasteiger partial charge in [0, 0.05) is 20.2 Å². The van der Waals surface area contributed by atoms with Gasteiger partial charge in [0.25, 0.3) is 5.91 Å². The zero-order valence-electron chi connectivity index (χ0n) is 16.7. The molecule has 0 radical (unpaired) electrons. The number of hydrogen-bond acceptors (Lipinski definition) is 8. The molecule has 0 saturated heterocycles. The van der Waals surface area contributed by atoms with Gasteiger partial charge in [0.15, 0.2) is 29.0 Å². The number of thioether (sulfide) groups is 1. The molecule has 1 aromatic carbocycles. The molecule has 0 spiro atoms. The Morgan fingerprint density at radius 3 is 2.87 bits per heavy atom. The van der Waals surface area contributed by atoms with Crippen LogP contribution in [0.4, 0.5) is 10.2 Å². The predicted octanol–water partition coefficient (Wildman–Crippen LogP) is 1.94. The van der Waals surface area contributed by atoms with Crippen LogP contribution in [0.25, 0.3) is 11.0 Å². The highest BCUT2D eigenvalue weighted by atomic mass is 32.2. The Labute approximate surface area is 177 Å². The van der Waals surface area contributed by atoms with E-state index in [1.807, 2.05) is 6.26 Å². The van der Waals surface area contributed by atoms with Gasteiger partial charge in [-0.25, -0.2) is 19.0 Å². The zero-order chi connectivity index (χ0) is 21.3. The number of aromatic nitrogens is 4. The van der Waals surface area contributed by atoms with E-state index in [1.165, 1.54) is 23.9 Å². The lowest BCUT2D eigenvalue weighted by Crippen LogP contribution is -2.31. The first-order valence-corrected chi connectivity index (χ1v) is 10.5. The number of para-hydroxylation sites is 1. The highest BCUT2D eigenvalue weighted by Crippen LogP contribution is 2.23. The fourth-order valence-corrected chi connectivity index (χ4v) is 3.01. The second-order valence-corrected chi connectivity index (χ2v) is 6.93. The summed E-state index contributed by atoms with van der Waals surface area (Å²) in [5, 5.41) is 11.7. The molecule has 2 aromatic heterocycles. The first-order valence-electron chi connectivity index (χ1n) is 9.26. The number of ether oxygens (including phenoxy) is 2. The third kappa shape index (κ3) is 5.57. The SMILES string of the molecule is COCCNc1nc(SC)nc2c1cnn2CCNC(=O)COc1ccccc1F. The molecule has 0 saturated carbocycles. The number of rotatable bonds is 11. The zero-order valence-corrected chi connectivity index (χ0v) is 17.5. The van der Waals surface area contributed by atoms with Crippen molar-refractivity contribution in [3.05, 3.63) is 36.3 Å². The first kappa shape index (κ1) is 21.8. The summed E-state index contributed by atoms with van der Waals surface area (Å²) in [4.78, 5) is 21.0. The number of carbonyl (C=O) groups excluding carboxylic acids is 1. The molecular formula is C19H23FN6O3S. The summed E-state index contributed by atoms with van der Waals surface area (Å²) in [5.74, 6) is -0.126. The van der Waals surface area contributed by atoms with Crippen molar-refractivity contribution in [3.8, 4) is 5.75 Å². The number of carbonyl (C=O) groups is 1. The minimum atomic E-state index is -0.507. The van der Waals surface area contributed by atoms with Gasteiger partial charge >= 0.3 is 0 Å². The van der Waals surface area contributed by atoms with Crippen molar-refractivity contribution in [3.63, 3.8) is 0 Å². The summed E-state index contributed by atoms with van der Waals surface area (Å²) in [5.41, 5.74) is 0.672. The van der Waals surface area contributed by atoms with E-state index < -0.39 is 5.82 Å². The number of methoxy groups -OCH3 is 1. The quantitative estimate of drug-likeness (QED) is 0.268. The summed E-state index contributed by atoms with van der Waals surface area (Å²) in [6, 6.07) is 5.95. The smallest absolute Gasteiger partial charge is 0.258 e. The van der Waals surface area contributed by atoms with Crippen LogP contribution in [0.5, 0.6) is 5.75 Å². The Kier molecular flexibility index (Phi) is 7.80. The van der Waals surface area contributed by atoms with Gasteiger partial charge in [-0.15, -0.1) is 0 Å². The second-order valence-electron chi connectivity index (χ2n) is 6.15. The van der Waals surface area contributed by atoms with Gasteiger partial charge < -0.3 is 20.1 Å². The monoisotopic (exact) mass is 434 g/mol. The van der Waals surface area contributed by atoms with E-state index in [-0.39, 0.29) is 18.3 Å². The van der Waals surface area contributed by atoms with Crippen molar-refractivity contribution in [1.29, 1.82) is 0 Å². The molecule has 0 fully saturated rings. The Morgan fingerprint density at radius 2 is 2.10 bits per heavy atom. The largest absolute Gasteiger partial charge is 0.481 e. The van der Waals surface area contributed by atoms with E-state index in [2.05, 4.69) is 25.7 Å². The van der Waals surface area contributed by atoms with Crippen LogP contribution in [0.1, 0.15) is 0 Å². The molecule has 0 bridgehead atoms. The van der Waals surface area contributed by atoms with Gasteiger partial charge in [-0.3, -0.25) is 4.79 Å². The average molecular weight is 434 g/mol. The molecule has 1 amide bonds. The Bertz CT molecular complexity index is 1000. The molecule has 9 nitrogen and oxygen atoms in total. The number of anilines is 1. The van der Waals surface area contributed by atoms with E-state index >= 15 is 0 Å². The maximum Gasteiger partial charge on any atom is 0.258 e. The lowest BCUT2D eigenvalue weighted by Gasteiger charge is -2.10. The van der Waals surface area contributed by atoms with Crippen molar-refractivity contribution in [2.24, 2.45) is 0 Å². The van der Waals surface area contributed by atoms with Crippen LogP contribution in [0.15, 0.2) is 35.6 Å². The van der Waals surface area contributed by atoms with E-state index in [4.69, 9.17) is 9.47 Å². The van der Waals surface area contributed by atoms with Crippen LogP contribution in [0.2, 0.25) is 0 Å². The number of hydrogen-bond donors (Lipinski definition) is 2. The molecular weight excluding hydrogens is 411 g/mol. The van der Waals surface area contributed by atoms with Crippen molar-refractivity contribution < 1.29 is 18.7 Å². The fourth-order valence-electron chi connectivity index (χ4n) is 2.65. The van der Waals surface area contributed by atoms with Crippen molar-refractivity contribution in [2.45, 2.75) is 11.7 Å². The number of halogens is 1. The third-order valence-electron chi connectivity index (χ3n) is 4.10.